The maximum atomic E-state index is 13.8. The fourth-order valence-electron chi connectivity index (χ4n) is 3.38. The third-order valence-corrected chi connectivity index (χ3v) is 4.54. The molecule has 0 bridgehead atoms. The molecule has 1 aliphatic carbocycles. The van der Waals surface area contributed by atoms with Gasteiger partial charge in [-0.05, 0) is 37.0 Å². The maximum absolute atomic E-state index is 13.8. The van der Waals surface area contributed by atoms with Crippen LogP contribution >= 0.6 is 0 Å². The SMILES string of the molecule is O=C(NCc1ccccc1F)c1c2c(nc3ccccc13)CCC2. The Morgan fingerprint density at radius 2 is 1.88 bits per heavy atom. The molecule has 1 heterocycles. The summed E-state index contributed by atoms with van der Waals surface area (Å²) < 4.78 is 13.8. The normalized spacial score (nSPS) is 13.0. The Kier molecular flexibility index (Phi) is 3.73. The highest BCUT2D eigenvalue weighted by atomic mass is 19.1. The first-order chi connectivity index (χ1) is 11.7. The molecule has 120 valence electrons. The van der Waals surface area contributed by atoms with Crippen molar-refractivity contribution in [2.45, 2.75) is 25.8 Å². The Hall–Kier alpha value is -2.75. The van der Waals surface area contributed by atoms with Gasteiger partial charge >= 0.3 is 0 Å². The molecule has 0 saturated heterocycles. The largest absolute Gasteiger partial charge is 0.348 e. The second-order valence-corrected chi connectivity index (χ2v) is 6.06. The van der Waals surface area contributed by atoms with Crippen LogP contribution in [0.5, 0.6) is 0 Å². The van der Waals surface area contributed by atoms with Gasteiger partial charge in [0.2, 0.25) is 0 Å². The summed E-state index contributed by atoms with van der Waals surface area (Å²) in [4.78, 5) is 17.5. The van der Waals surface area contributed by atoms with E-state index in [2.05, 4.69) is 5.32 Å². The number of fused-ring (bicyclic) bond motifs is 2. The Morgan fingerprint density at radius 3 is 2.75 bits per heavy atom. The summed E-state index contributed by atoms with van der Waals surface area (Å²) in [6.07, 6.45) is 2.80. The van der Waals surface area contributed by atoms with Gasteiger partial charge in [0.15, 0.2) is 0 Å². The van der Waals surface area contributed by atoms with Crippen molar-refractivity contribution in [3.8, 4) is 0 Å². The molecule has 0 spiro atoms. The van der Waals surface area contributed by atoms with E-state index in [1.54, 1.807) is 18.2 Å². The quantitative estimate of drug-likeness (QED) is 0.798. The Morgan fingerprint density at radius 1 is 1.08 bits per heavy atom. The first kappa shape index (κ1) is 14.8. The lowest BCUT2D eigenvalue weighted by Crippen LogP contribution is -2.25. The third kappa shape index (κ3) is 2.54. The lowest BCUT2D eigenvalue weighted by Gasteiger charge is -2.13. The Labute approximate surface area is 139 Å². The minimum absolute atomic E-state index is 0.157. The number of rotatable bonds is 3. The molecule has 1 N–H and O–H groups in total. The average molecular weight is 320 g/mol. The number of hydrogen-bond acceptors (Lipinski definition) is 2. The molecule has 1 aliphatic rings. The molecule has 3 nitrogen and oxygen atoms in total. The highest BCUT2D eigenvalue weighted by Gasteiger charge is 2.23. The van der Waals surface area contributed by atoms with Gasteiger partial charge in [-0.2, -0.15) is 0 Å². The van der Waals surface area contributed by atoms with Crippen molar-refractivity contribution >= 4 is 16.8 Å². The van der Waals surface area contributed by atoms with Crippen molar-refractivity contribution in [2.75, 3.05) is 0 Å². The van der Waals surface area contributed by atoms with Gasteiger partial charge in [0.25, 0.3) is 5.91 Å². The standard InChI is InChI=1S/C20H17FN2O/c21-16-9-3-1-6-13(16)12-22-20(24)19-14-7-2-4-10-17(14)23-18-11-5-8-15(18)19/h1-4,6-7,9-10H,5,8,11-12H2,(H,22,24). The zero-order chi connectivity index (χ0) is 16.5. The van der Waals surface area contributed by atoms with Crippen LogP contribution in [0.25, 0.3) is 10.9 Å². The molecule has 0 atom stereocenters. The summed E-state index contributed by atoms with van der Waals surface area (Å²) in [6, 6.07) is 14.2. The van der Waals surface area contributed by atoms with Crippen LogP contribution in [-0.4, -0.2) is 10.9 Å². The first-order valence-corrected chi connectivity index (χ1v) is 8.16. The van der Waals surface area contributed by atoms with Gasteiger partial charge in [-0.1, -0.05) is 36.4 Å². The molecule has 4 rings (SSSR count). The van der Waals surface area contributed by atoms with E-state index in [0.717, 1.165) is 41.4 Å². The van der Waals surface area contributed by atoms with Crippen LogP contribution in [0.15, 0.2) is 48.5 Å². The van der Waals surface area contributed by atoms with E-state index in [0.29, 0.717) is 11.1 Å². The van der Waals surface area contributed by atoms with Gasteiger partial charge in [0, 0.05) is 23.2 Å². The first-order valence-electron chi connectivity index (χ1n) is 8.16. The van der Waals surface area contributed by atoms with Crippen LogP contribution in [0.4, 0.5) is 4.39 Å². The maximum Gasteiger partial charge on any atom is 0.252 e. The molecule has 0 aliphatic heterocycles. The second kappa shape index (κ2) is 6.04. The van der Waals surface area contributed by atoms with Gasteiger partial charge in [-0.25, -0.2) is 4.39 Å². The van der Waals surface area contributed by atoms with Crippen LogP contribution in [0.3, 0.4) is 0 Å². The van der Waals surface area contributed by atoms with E-state index >= 15 is 0 Å². The van der Waals surface area contributed by atoms with Crippen LogP contribution in [-0.2, 0) is 19.4 Å². The summed E-state index contributed by atoms with van der Waals surface area (Å²) in [5.41, 5.74) is 4.09. The van der Waals surface area contributed by atoms with Crippen molar-refractivity contribution in [1.29, 1.82) is 0 Å². The summed E-state index contributed by atoms with van der Waals surface area (Å²) in [6.45, 7) is 0.178. The Balaban J connectivity index is 1.71. The minimum atomic E-state index is -0.303. The summed E-state index contributed by atoms with van der Waals surface area (Å²) in [5.74, 6) is -0.461. The molecule has 3 aromatic rings. The molecule has 24 heavy (non-hydrogen) atoms. The number of nitrogens with one attached hydrogen (secondary N) is 1. The van der Waals surface area contributed by atoms with E-state index in [1.165, 1.54) is 6.07 Å². The highest BCUT2D eigenvalue weighted by Crippen LogP contribution is 2.29. The topological polar surface area (TPSA) is 42.0 Å². The predicted molar refractivity (Wildman–Crippen MR) is 91.3 cm³/mol. The number of nitrogens with zero attached hydrogens (tertiary/aromatic N) is 1. The molecular weight excluding hydrogens is 303 g/mol. The van der Waals surface area contributed by atoms with Crippen LogP contribution < -0.4 is 5.32 Å². The smallest absolute Gasteiger partial charge is 0.252 e. The molecule has 0 unspecified atom stereocenters. The number of hydrogen-bond donors (Lipinski definition) is 1. The monoisotopic (exact) mass is 320 g/mol. The summed E-state index contributed by atoms with van der Waals surface area (Å²) in [7, 11) is 0. The molecular formula is C20H17FN2O. The van der Waals surface area contributed by atoms with E-state index in [1.807, 2.05) is 24.3 Å². The molecule has 0 radical (unpaired) electrons. The predicted octanol–water partition coefficient (Wildman–Crippen LogP) is 3.79. The van der Waals surface area contributed by atoms with E-state index in [-0.39, 0.29) is 18.3 Å². The third-order valence-electron chi connectivity index (χ3n) is 4.54. The number of para-hydroxylation sites is 1. The molecule has 0 fully saturated rings. The van der Waals surface area contributed by atoms with Crippen molar-refractivity contribution in [2.24, 2.45) is 0 Å². The minimum Gasteiger partial charge on any atom is -0.348 e. The van der Waals surface area contributed by atoms with Crippen LogP contribution in [0, 0.1) is 5.82 Å². The van der Waals surface area contributed by atoms with Gasteiger partial charge in [-0.3, -0.25) is 9.78 Å². The fraction of sp³-hybridized carbons (Fsp3) is 0.200. The second-order valence-electron chi connectivity index (χ2n) is 6.06. The van der Waals surface area contributed by atoms with Crippen molar-refractivity contribution in [3.05, 3.63) is 76.7 Å². The van der Waals surface area contributed by atoms with Gasteiger partial charge < -0.3 is 5.32 Å². The lowest BCUT2D eigenvalue weighted by atomic mass is 10.0. The number of aromatic nitrogens is 1. The van der Waals surface area contributed by atoms with Gasteiger partial charge in [0.1, 0.15) is 5.82 Å². The number of benzene rings is 2. The van der Waals surface area contributed by atoms with Gasteiger partial charge in [-0.15, -0.1) is 0 Å². The number of amides is 1. The van der Waals surface area contributed by atoms with Crippen LogP contribution in [0.2, 0.25) is 0 Å². The average Bonchev–Trinajstić information content (AvgIpc) is 3.06. The number of pyridine rings is 1. The van der Waals surface area contributed by atoms with E-state index < -0.39 is 0 Å². The lowest BCUT2D eigenvalue weighted by molar-refractivity contribution is 0.0951. The van der Waals surface area contributed by atoms with E-state index in [4.69, 9.17) is 4.98 Å². The molecule has 0 saturated carbocycles. The number of carbonyl (C=O) groups is 1. The Bertz CT molecular complexity index is 936. The van der Waals surface area contributed by atoms with Crippen LogP contribution in [0.1, 0.15) is 33.6 Å². The van der Waals surface area contributed by atoms with Crippen molar-refractivity contribution in [1.82, 2.24) is 10.3 Å². The summed E-state index contributed by atoms with van der Waals surface area (Å²) >= 11 is 0. The zero-order valence-corrected chi connectivity index (χ0v) is 13.2. The number of aryl methyl sites for hydroxylation is 1. The van der Waals surface area contributed by atoms with Gasteiger partial charge in [0.05, 0.1) is 11.1 Å². The zero-order valence-electron chi connectivity index (χ0n) is 13.2. The molecule has 1 aromatic heterocycles. The molecule has 1 amide bonds. The number of halogens is 1. The van der Waals surface area contributed by atoms with Crippen molar-refractivity contribution < 1.29 is 9.18 Å². The number of carbonyl (C=O) groups excluding carboxylic acids is 1. The van der Waals surface area contributed by atoms with Crippen molar-refractivity contribution in [3.63, 3.8) is 0 Å². The van der Waals surface area contributed by atoms with E-state index in [9.17, 15) is 9.18 Å². The molecule has 2 aromatic carbocycles. The molecule has 4 heteroatoms. The summed E-state index contributed by atoms with van der Waals surface area (Å²) in [5, 5.41) is 3.74. The highest BCUT2D eigenvalue weighted by molar-refractivity contribution is 6.07. The fourth-order valence-corrected chi connectivity index (χ4v) is 3.38.